The van der Waals surface area contributed by atoms with Gasteiger partial charge in [0.1, 0.15) is 0 Å². The first-order valence-electron chi connectivity index (χ1n) is 22.8. The average Bonchev–Trinajstić information content (AvgIpc) is 3.33. The molecule has 0 spiro atoms. The minimum Gasteiger partial charge on any atom is -0.264 e. The molecule has 0 aromatic heterocycles. The van der Waals surface area contributed by atoms with Gasteiger partial charge in [-0.3, -0.25) is 29.4 Å². The van der Waals surface area contributed by atoms with Crippen molar-refractivity contribution in [2.45, 2.75) is 75.5 Å². The third-order valence-electron chi connectivity index (χ3n) is 15.6. The number of rotatable bonds is 0. The summed E-state index contributed by atoms with van der Waals surface area (Å²) in [5, 5.41) is 0. The van der Waals surface area contributed by atoms with Crippen LogP contribution in [0.3, 0.4) is 0 Å². The Labute approximate surface area is 355 Å². The highest BCUT2D eigenvalue weighted by molar-refractivity contribution is 5.43. The van der Waals surface area contributed by atoms with Crippen LogP contribution in [0.15, 0.2) is 146 Å². The second-order valence-corrected chi connectivity index (χ2v) is 18.4. The van der Waals surface area contributed by atoms with Crippen molar-refractivity contribution in [2.75, 3.05) is 39.3 Å². The molecular formula is C54H54N6. The van der Waals surface area contributed by atoms with Crippen LogP contribution in [0.2, 0.25) is 0 Å². The Bertz CT molecular complexity index is 2120. The van der Waals surface area contributed by atoms with Crippen LogP contribution in [0.5, 0.6) is 0 Å². The smallest absolute Gasteiger partial charge is 0.0919 e. The van der Waals surface area contributed by atoms with Crippen molar-refractivity contribution in [1.82, 2.24) is 29.4 Å². The predicted octanol–water partition coefficient (Wildman–Crippen LogP) is 9.34. The molecular weight excluding hydrogens is 733 g/mol. The van der Waals surface area contributed by atoms with Crippen molar-refractivity contribution in [3.8, 4) is 0 Å². The third kappa shape index (κ3) is 5.41. The van der Waals surface area contributed by atoms with Crippen molar-refractivity contribution in [3.05, 3.63) is 212 Å². The van der Waals surface area contributed by atoms with E-state index < -0.39 is 0 Å². The zero-order valence-corrected chi connectivity index (χ0v) is 34.5. The average molecular weight is 787 g/mol. The Kier molecular flexibility index (Phi) is 8.56. The standard InChI is InChI=1S/2C27H27N3/c2*1-4-10-22-19(7-1)13-16-28-25(22)29-17-14-20-8-3-6-12-24(20)27(29)30-18-15-21-9-2-5-11-23(21)26(28)30/h2*1-12,25-27H,13-18H2. The van der Waals surface area contributed by atoms with Crippen LogP contribution < -0.4 is 0 Å². The highest BCUT2D eigenvalue weighted by Gasteiger charge is 2.53. The van der Waals surface area contributed by atoms with E-state index in [-0.39, 0.29) is 0 Å². The van der Waals surface area contributed by atoms with E-state index in [1.165, 1.54) is 66.8 Å². The first-order valence-corrected chi connectivity index (χ1v) is 22.8. The molecule has 2 saturated heterocycles. The summed E-state index contributed by atoms with van der Waals surface area (Å²) in [6.45, 7) is 6.76. The summed E-state index contributed by atoms with van der Waals surface area (Å²) in [7, 11) is 0. The number of fused-ring (bicyclic) bond motifs is 24. The van der Waals surface area contributed by atoms with Crippen molar-refractivity contribution in [1.29, 1.82) is 0 Å². The lowest BCUT2D eigenvalue weighted by Crippen LogP contribution is -2.63. The van der Waals surface area contributed by atoms with Gasteiger partial charge in [-0.2, -0.15) is 0 Å². The Morgan fingerprint density at radius 2 is 0.367 bits per heavy atom. The lowest BCUT2D eigenvalue weighted by atomic mass is 9.85. The molecule has 0 unspecified atom stereocenters. The summed E-state index contributed by atoms with van der Waals surface area (Å²) in [6.07, 6.45) is 9.05. The van der Waals surface area contributed by atoms with Crippen molar-refractivity contribution >= 4 is 0 Å². The second-order valence-electron chi connectivity index (χ2n) is 18.4. The number of benzene rings is 6. The molecule has 300 valence electrons. The Hall–Kier alpha value is -4.92. The van der Waals surface area contributed by atoms with Crippen LogP contribution >= 0.6 is 0 Å². The Morgan fingerprint density at radius 1 is 0.217 bits per heavy atom. The van der Waals surface area contributed by atoms with Crippen LogP contribution in [0.4, 0.5) is 0 Å². The third-order valence-corrected chi connectivity index (χ3v) is 15.6. The van der Waals surface area contributed by atoms with E-state index in [2.05, 4.69) is 175 Å². The number of hydrogen-bond acceptors (Lipinski definition) is 6. The maximum absolute atomic E-state index is 2.80. The lowest BCUT2D eigenvalue weighted by molar-refractivity contribution is -0.193. The topological polar surface area (TPSA) is 19.4 Å². The molecule has 0 amide bonds. The molecule has 6 heteroatoms. The first-order chi connectivity index (χ1) is 29.8. The van der Waals surface area contributed by atoms with Gasteiger partial charge in [0.2, 0.25) is 0 Å². The number of nitrogens with zero attached hydrogens (tertiary/aromatic N) is 6. The molecule has 8 aliphatic rings. The molecule has 6 aromatic rings. The summed E-state index contributed by atoms with van der Waals surface area (Å²) in [6, 6.07) is 55.0. The fraction of sp³-hybridized carbons (Fsp3) is 0.333. The molecule has 0 atom stereocenters. The highest BCUT2D eigenvalue weighted by atomic mass is 15.6. The quantitative estimate of drug-likeness (QED) is 0.152. The highest BCUT2D eigenvalue weighted by Crippen LogP contribution is 2.55. The van der Waals surface area contributed by atoms with E-state index >= 15 is 0 Å². The van der Waals surface area contributed by atoms with Gasteiger partial charge in [-0.15, -0.1) is 0 Å². The maximum Gasteiger partial charge on any atom is 0.0919 e. The Morgan fingerprint density at radius 3 is 0.533 bits per heavy atom. The van der Waals surface area contributed by atoms with Gasteiger partial charge in [0.25, 0.3) is 0 Å². The molecule has 0 aliphatic carbocycles. The van der Waals surface area contributed by atoms with Gasteiger partial charge >= 0.3 is 0 Å². The van der Waals surface area contributed by atoms with Crippen LogP contribution in [0.25, 0.3) is 0 Å². The second kappa shape index (κ2) is 14.3. The first kappa shape index (κ1) is 35.8. The summed E-state index contributed by atoms with van der Waals surface area (Å²) in [4.78, 5) is 16.8. The molecule has 8 aliphatic heterocycles. The van der Waals surface area contributed by atoms with E-state index in [1.807, 2.05) is 0 Å². The van der Waals surface area contributed by atoms with Gasteiger partial charge in [-0.05, 0) is 105 Å². The molecule has 8 heterocycles. The SMILES string of the molecule is c1ccc2c(c1)CCN1C2N2CCc3ccccc3C2N2CCc3ccccc3C12.c1ccc2c(c1)CCN1C2N2CCc3ccccc3C2N2CCc3ccccc3C12. The van der Waals surface area contributed by atoms with Gasteiger partial charge < -0.3 is 0 Å². The summed E-state index contributed by atoms with van der Waals surface area (Å²) in [5.41, 5.74) is 18.4. The minimum atomic E-state index is 0.362. The van der Waals surface area contributed by atoms with Crippen molar-refractivity contribution in [3.63, 3.8) is 0 Å². The van der Waals surface area contributed by atoms with E-state index in [0.717, 1.165) is 77.8 Å². The van der Waals surface area contributed by atoms with Crippen LogP contribution in [-0.2, 0) is 38.5 Å². The van der Waals surface area contributed by atoms with Crippen molar-refractivity contribution in [2.24, 2.45) is 0 Å². The van der Waals surface area contributed by atoms with Gasteiger partial charge in [-0.25, -0.2) is 0 Å². The minimum absolute atomic E-state index is 0.362. The molecule has 0 bridgehead atoms. The molecule has 2 fully saturated rings. The van der Waals surface area contributed by atoms with E-state index in [0.29, 0.717) is 37.0 Å². The normalized spacial score (nSPS) is 27.8. The molecule has 0 saturated carbocycles. The summed E-state index contributed by atoms with van der Waals surface area (Å²) >= 11 is 0. The predicted molar refractivity (Wildman–Crippen MR) is 238 cm³/mol. The number of hydrogen-bond donors (Lipinski definition) is 0. The van der Waals surface area contributed by atoms with E-state index in [9.17, 15) is 0 Å². The van der Waals surface area contributed by atoms with E-state index in [4.69, 9.17) is 0 Å². The molecule has 6 nitrogen and oxygen atoms in total. The lowest BCUT2D eigenvalue weighted by Gasteiger charge is -2.62. The van der Waals surface area contributed by atoms with Gasteiger partial charge in [-0.1, -0.05) is 146 Å². The molecule has 60 heavy (non-hydrogen) atoms. The Balaban J connectivity index is 0.000000123. The van der Waals surface area contributed by atoms with Gasteiger partial charge in [0.15, 0.2) is 0 Å². The monoisotopic (exact) mass is 786 g/mol. The largest absolute Gasteiger partial charge is 0.264 e. The van der Waals surface area contributed by atoms with Crippen molar-refractivity contribution < 1.29 is 0 Å². The van der Waals surface area contributed by atoms with Crippen LogP contribution in [0, 0.1) is 0 Å². The molecule has 0 N–H and O–H groups in total. The zero-order chi connectivity index (χ0) is 39.3. The maximum atomic E-state index is 2.80. The van der Waals surface area contributed by atoms with E-state index in [1.54, 1.807) is 0 Å². The summed E-state index contributed by atoms with van der Waals surface area (Å²) < 4.78 is 0. The molecule has 14 rings (SSSR count). The van der Waals surface area contributed by atoms with Gasteiger partial charge in [0, 0.05) is 39.3 Å². The fourth-order valence-electron chi connectivity index (χ4n) is 13.1. The van der Waals surface area contributed by atoms with Gasteiger partial charge in [0.05, 0.1) is 37.0 Å². The fourth-order valence-corrected chi connectivity index (χ4v) is 13.1. The zero-order valence-electron chi connectivity index (χ0n) is 34.5. The van der Waals surface area contributed by atoms with Crippen LogP contribution in [0.1, 0.15) is 104 Å². The molecule has 0 radical (unpaired) electrons. The summed E-state index contributed by atoms with van der Waals surface area (Å²) in [5.74, 6) is 0. The molecule has 6 aromatic carbocycles. The van der Waals surface area contributed by atoms with Crippen LogP contribution in [-0.4, -0.2) is 68.7 Å².